The van der Waals surface area contributed by atoms with E-state index in [1.54, 1.807) is 30.3 Å². The highest BCUT2D eigenvalue weighted by Crippen LogP contribution is 2.12. The summed E-state index contributed by atoms with van der Waals surface area (Å²) in [6.07, 6.45) is 3.87. The first kappa shape index (κ1) is 15.3. The van der Waals surface area contributed by atoms with E-state index in [0.717, 1.165) is 25.1 Å². The molecule has 3 nitrogen and oxygen atoms in total. The zero-order valence-corrected chi connectivity index (χ0v) is 11.8. The molecule has 1 N–H and O–H groups in total. The van der Waals surface area contributed by atoms with Crippen molar-refractivity contribution in [1.82, 2.24) is 5.32 Å². The van der Waals surface area contributed by atoms with E-state index in [2.05, 4.69) is 25.7 Å². The zero-order valence-electron chi connectivity index (χ0n) is 11.8. The van der Waals surface area contributed by atoms with E-state index in [1.165, 1.54) is 0 Å². The molecule has 1 aromatic carbocycles. The molecule has 0 radical (unpaired) electrons. The summed E-state index contributed by atoms with van der Waals surface area (Å²) in [6.45, 7) is 9.09. The van der Waals surface area contributed by atoms with Crippen LogP contribution in [0.1, 0.15) is 37.0 Å². The molecule has 0 aliphatic rings. The van der Waals surface area contributed by atoms with E-state index < -0.39 is 0 Å². The monoisotopic (exact) mass is 261 g/mol. The fourth-order valence-corrected chi connectivity index (χ4v) is 1.77. The highest BCUT2D eigenvalue weighted by Gasteiger charge is 2.08. The second-order valence-electron chi connectivity index (χ2n) is 4.52. The summed E-state index contributed by atoms with van der Waals surface area (Å²) < 4.78 is 5.37. The predicted molar refractivity (Wildman–Crippen MR) is 78.5 cm³/mol. The molecule has 3 heteroatoms. The van der Waals surface area contributed by atoms with Crippen molar-refractivity contribution in [2.24, 2.45) is 5.92 Å². The molecular weight excluding hydrogens is 238 g/mol. The van der Waals surface area contributed by atoms with E-state index in [-0.39, 0.29) is 5.91 Å². The van der Waals surface area contributed by atoms with E-state index in [9.17, 15) is 4.79 Å². The lowest BCUT2D eigenvalue weighted by Crippen LogP contribution is -2.28. The van der Waals surface area contributed by atoms with Crippen LogP contribution in [-0.2, 0) is 0 Å². The minimum Gasteiger partial charge on any atom is -0.490 e. The molecule has 0 aliphatic heterocycles. The van der Waals surface area contributed by atoms with Crippen LogP contribution in [0.15, 0.2) is 36.9 Å². The average molecular weight is 261 g/mol. The average Bonchev–Trinajstić information content (AvgIpc) is 2.46. The van der Waals surface area contributed by atoms with Gasteiger partial charge in [0, 0.05) is 12.1 Å². The van der Waals surface area contributed by atoms with Crippen LogP contribution in [0.25, 0.3) is 0 Å². The van der Waals surface area contributed by atoms with Crippen LogP contribution in [0.2, 0.25) is 0 Å². The topological polar surface area (TPSA) is 38.3 Å². The molecule has 0 saturated heterocycles. The number of benzene rings is 1. The smallest absolute Gasteiger partial charge is 0.251 e. The van der Waals surface area contributed by atoms with Gasteiger partial charge in [0.15, 0.2) is 0 Å². The maximum Gasteiger partial charge on any atom is 0.251 e. The third-order valence-corrected chi connectivity index (χ3v) is 3.19. The highest BCUT2D eigenvalue weighted by molar-refractivity contribution is 5.94. The first-order chi connectivity index (χ1) is 9.21. The van der Waals surface area contributed by atoms with Gasteiger partial charge in [-0.2, -0.15) is 0 Å². The van der Waals surface area contributed by atoms with Gasteiger partial charge in [0.05, 0.1) is 0 Å². The van der Waals surface area contributed by atoms with Gasteiger partial charge < -0.3 is 10.1 Å². The summed E-state index contributed by atoms with van der Waals surface area (Å²) in [4.78, 5) is 11.9. The van der Waals surface area contributed by atoms with Gasteiger partial charge in [-0.1, -0.05) is 39.3 Å². The Morgan fingerprint density at radius 2 is 1.95 bits per heavy atom. The molecule has 0 aromatic heterocycles. The number of nitrogens with one attached hydrogen (secondary N) is 1. The van der Waals surface area contributed by atoms with Gasteiger partial charge in [0.1, 0.15) is 12.4 Å². The van der Waals surface area contributed by atoms with E-state index in [0.29, 0.717) is 18.1 Å². The van der Waals surface area contributed by atoms with Gasteiger partial charge in [-0.05, 0) is 30.2 Å². The Labute approximate surface area is 115 Å². The Bertz CT molecular complexity index is 394. The minimum absolute atomic E-state index is 0.0258. The lowest BCUT2D eigenvalue weighted by molar-refractivity contribution is 0.0946. The minimum atomic E-state index is -0.0258. The van der Waals surface area contributed by atoms with Crippen molar-refractivity contribution in [3.63, 3.8) is 0 Å². The van der Waals surface area contributed by atoms with Crippen molar-refractivity contribution >= 4 is 5.91 Å². The molecule has 0 saturated carbocycles. The molecule has 1 amide bonds. The largest absolute Gasteiger partial charge is 0.490 e. The summed E-state index contributed by atoms with van der Waals surface area (Å²) in [5.74, 6) is 1.28. The van der Waals surface area contributed by atoms with Crippen LogP contribution in [-0.4, -0.2) is 19.1 Å². The third kappa shape index (κ3) is 5.16. The number of carbonyl (C=O) groups is 1. The predicted octanol–water partition coefficient (Wildman–Crippen LogP) is 3.42. The van der Waals surface area contributed by atoms with Gasteiger partial charge in [-0.25, -0.2) is 0 Å². The molecule has 0 heterocycles. The molecule has 0 bridgehead atoms. The quantitative estimate of drug-likeness (QED) is 0.728. The summed E-state index contributed by atoms with van der Waals surface area (Å²) in [5, 5.41) is 2.97. The summed E-state index contributed by atoms with van der Waals surface area (Å²) in [5.41, 5.74) is 0.664. The Kier molecular flexibility index (Phi) is 6.72. The number of hydrogen-bond donors (Lipinski definition) is 1. The summed E-state index contributed by atoms with van der Waals surface area (Å²) >= 11 is 0. The Morgan fingerprint density at radius 3 is 2.47 bits per heavy atom. The van der Waals surface area contributed by atoms with Crippen LogP contribution < -0.4 is 10.1 Å². The molecule has 0 unspecified atom stereocenters. The van der Waals surface area contributed by atoms with Gasteiger partial charge >= 0.3 is 0 Å². The molecule has 19 heavy (non-hydrogen) atoms. The number of ether oxygens (including phenoxy) is 1. The second kappa shape index (κ2) is 8.35. The molecule has 1 rings (SSSR count). The highest BCUT2D eigenvalue weighted by atomic mass is 16.5. The normalized spacial score (nSPS) is 10.3. The first-order valence-corrected chi connectivity index (χ1v) is 6.83. The van der Waals surface area contributed by atoms with E-state index in [1.807, 2.05) is 0 Å². The van der Waals surface area contributed by atoms with Crippen LogP contribution >= 0.6 is 0 Å². The lowest BCUT2D eigenvalue weighted by Gasteiger charge is -2.13. The zero-order chi connectivity index (χ0) is 14.1. The van der Waals surface area contributed by atoms with E-state index >= 15 is 0 Å². The van der Waals surface area contributed by atoms with Crippen molar-refractivity contribution < 1.29 is 9.53 Å². The molecule has 104 valence electrons. The molecule has 0 aliphatic carbocycles. The van der Waals surface area contributed by atoms with Crippen LogP contribution in [0.5, 0.6) is 5.75 Å². The Hall–Kier alpha value is -1.77. The molecular formula is C16H23NO2. The van der Waals surface area contributed by atoms with Crippen molar-refractivity contribution in [3.8, 4) is 5.75 Å². The van der Waals surface area contributed by atoms with Crippen molar-refractivity contribution in [1.29, 1.82) is 0 Å². The summed E-state index contributed by atoms with van der Waals surface area (Å²) in [6, 6.07) is 7.16. The SMILES string of the molecule is C=CCOc1ccc(C(=O)NCC(CC)CC)cc1. The van der Waals surface area contributed by atoms with Gasteiger partial charge in [-0.15, -0.1) is 0 Å². The standard InChI is InChI=1S/C16H23NO2/c1-4-11-19-15-9-7-14(8-10-15)16(18)17-12-13(5-2)6-3/h4,7-10,13H,1,5-6,11-12H2,2-3H3,(H,17,18). The van der Waals surface area contributed by atoms with Crippen LogP contribution in [0.4, 0.5) is 0 Å². The number of hydrogen-bond acceptors (Lipinski definition) is 2. The van der Waals surface area contributed by atoms with Gasteiger partial charge in [0.25, 0.3) is 5.91 Å². The molecule has 1 aromatic rings. The van der Waals surface area contributed by atoms with Crippen LogP contribution in [0.3, 0.4) is 0 Å². The molecule has 0 atom stereocenters. The molecule has 0 spiro atoms. The Morgan fingerprint density at radius 1 is 1.32 bits per heavy atom. The van der Waals surface area contributed by atoms with Gasteiger partial charge in [-0.3, -0.25) is 4.79 Å². The Balaban J connectivity index is 2.50. The van der Waals surface area contributed by atoms with Crippen molar-refractivity contribution in [3.05, 3.63) is 42.5 Å². The first-order valence-electron chi connectivity index (χ1n) is 6.83. The van der Waals surface area contributed by atoms with Crippen molar-refractivity contribution in [2.75, 3.05) is 13.2 Å². The fraction of sp³-hybridized carbons (Fsp3) is 0.438. The van der Waals surface area contributed by atoms with E-state index in [4.69, 9.17) is 4.74 Å². The number of amides is 1. The second-order valence-corrected chi connectivity index (χ2v) is 4.52. The number of carbonyl (C=O) groups excluding carboxylic acids is 1. The maximum atomic E-state index is 11.9. The van der Waals surface area contributed by atoms with Gasteiger partial charge in [0.2, 0.25) is 0 Å². The van der Waals surface area contributed by atoms with Crippen molar-refractivity contribution in [2.45, 2.75) is 26.7 Å². The molecule has 0 fully saturated rings. The number of rotatable bonds is 8. The fourth-order valence-electron chi connectivity index (χ4n) is 1.77. The third-order valence-electron chi connectivity index (χ3n) is 3.19. The maximum absolute atomic E-state index is 11.9. The van der Waals surface area contributed by atoms with Crippen LogP contribution in [0, 0.1) is 5.92 Å². The summed E-state index contributed by atoms with van der Waals surface area (Å²) in [7, 11) is 0. The lowest BCUT2D eigenvalue weighted by atomic mass is 10.0.